The van der Waals surface area contributed by atoms with Crippen LogP contribution in [0.3, 0.4) is 0 Å². The molecular weight excluding hydrogens is 206 g/mol. The SMILES string of the molecule is CC[C@H](C)[C@H](C)NCc1ccc(Cl)cc1. The number of nitrogens with one attached hydrogen (secondary N) is 1. The molecule has 0 radical (unpaired) electrons. The lowest BCUT2D eigenvalue weighted by Crippen LogP contribution is -2.31. The fourth-order valence-electron chi connectivity index (χ4n) is 1.44. The maximum Gasteiger partial charge on any atom is 0.0406 e. The molecule has 15 heavy (non-hydrogen) atoms. The van der Waals surface area contributed by atoms with Crippen molar-refractivity contribution in [2.75, 3.05) is 0 Å². The summed E-state index contributed by atoms with van der Waals surface area (Å²) in [6, 6.07) is 8.57. The Bertz CT molecular complexity index is 281. The first-order valence-corrected chi connectivity index (χ1v) is 5.99. The minimum Gasteiger partial charge on any atom is -0.310 e. The molecule has 2 atom stereocenters. The van der Waals surface area contributed by atoms with Crippen LogP contribution >= 0.6 is 11.6 Å². The molecule has 2 heteroatoms. The highest BCUT2D eigenvalue weighted by atomic mass is 35.5. The first kappa shape index (κ1) is 12.5. The fourth-order valence-corrected chi connectivity index (χ4v) is 1.56. The summed E-state index contributed by atoms with van der Waals surface area (Å²) in [6.07, 6.45) is 1.22. The third-order valence-electron chi connectivity index (χ3n) is 3.04. The Kier molecular flexibility index (Phi) is 5.13. The third-order valence-corrected chi connectivity index (χ3v) is 3.29. The van der Waals surface area contributed by atoms with Crippen LogP contribution in [-0.2, 0) is 6.54 Å². The van der Waals surface area contributed by atoms with Crippen molar-refractivity contribution >= 4 is 11.6 Å². The van der Waals surface area contributed by atoms with Crippen molar-refractivity contribution in [1.29, 1.82) is 0 Å². The van der Waals surface area contributed by atoms with E-state index in [1.165, 1.54) is 12.0 Å². The fraction of sp³-hybridized carbons (Fsp3) is 0.538. The Labute approximate surface area is 97.8 Å². The topological polar surface area (TPSA) is 12.0 Å². The molecule has 84 valence electrons. The first-order valence-electron chi connectivity index (χ1n) is 5.61. The summed E-state index contributed by atoms with van der Waals surface area (Å²) in [7, 11) is 0. The van der Waals surface area contributed by atoms with Gasteiger partial charge in [0.1, 0.15) is 0 Å². The average Bonchev–Trinajstić information content (AvgIpc) is 2.26. The van der Waals surface area contributed by atoms with Gasteiger partial charge in [-0.3, -0.25) is 0 Å². The van der Waals surface area contributed by atoms with Crippen LogP contribution in [0.5, 0.6) is 0 Å². The van der Waals surface area contributed by atoms with E-state index in [4.69, 9.17) is 11.6 Å². The molecule has 1 aromatic rings. The molecular formula is C13H20ClN. The Balaban J connectivity index is 2.40. The summed E-state index contributed by atoms with van der Waals surface area (Å²) < 4.78 is 0. The van der Waals surface area contributed by atoms with Crippen LogP contribution in [0.2, 0.25) is 5.02 Å². The van der Waals surface area contributed by atoms with Crippen molar-refractivity contribution in [3.05, 3.63) is 34.9 Å². The van der Waals surface area contributed by atoms with Gasteiger partial charge in [-0.1, -0.05) is 44.0 Å². The molecule has 0 spiro atoms. The molecule has 0 aliphatic heterocycles. The molecule has 0 bridgehead atoms. The maximum absolute atomic E-state index is 5.83. The highest BCUT2D eigenvalue weighted by Gasteiger charge is 2.08. The summed E-state index contributed by atoms with van der Waals surface area (Å²) in [6.45, 7) is 7.66. The molecule has 0 amide bonds. The predicted molar refractivity (Wildman–Crippen MR) is 67.2 cm³/mol. The second-order valence-electron chi connectivity index (χ2n) is 4.18. The molecule has 0 fully saturated rings. The smallest absolute Gasteiger partial charge is 0.0406 e. The van der Waals surface area contributed by atoms with E-state index < -0.39 is 0 Å². The van der Waals surface area contributed by atoms with Gasteiger partial charge in [-0.2, -0.15) is 0 Å². The summed E-state index contributed by atoms with van der Waals surface area (Å²) in [4.78, 5) is 0. The quantitative estimate of drug-likeness (QED) is 0.803. The molecule has 0 aliphatic rings. The minimum absolute atomic E-state index is 0.561. The molecule has 0 saturated heterocycles. The van der Waals surface area contributed by atoms with Gasteiger partial charge in [0, 0.05) is 17.6 Å². The average molecular weight is 226 g/mol. The molecule has 0 saturated carbocycles. The Morgan fingerprint density at radius 3 is 2.33 bits per heavy atom. The van der Waals surface area contributed by atoms with Crippen molar-refractivity contribution in [2.24, 2.45) is 5.92 Å². The van der Waals surface area contributed by atoms with E-state index in [0.29, 0.717) is 6.04 Å². The lowest BCUT2D eigenvalue weighted by Gasteiger charge is -2.19. The van der Waals surface area contributed by atoms with Crippen molar-refractivity contribution in [3.8, 4) is 0 Å². The Morgan fingerprint density at radius 1 is 1.20 bits per heavy atom. The van der Waals surface area contributed by atoms with Crippen molar-refractivity contribution in [3.63, 3.8) is 0 Å². The van der Waals surface area contributed by atoms with Crippen molar-refractivity contribution < 1.29 is 0 Å². The zero-order valence-corrected chi connectivity index (χ0v) is 10.5. The van der Waals surface area contributed by atoms with Gasteiger partial charge in [0.15, 0.2) is 0 Å². The number of halogens is 1. The van der Waals surface area contributed by atoms with E-state index >= 15 is 0 Å². The van der Waals surface area contributed by atoms with E-state index in [1.54, 1.807) is 0 Å². The van der Waals surface area contributed by atoms with Gasteiger partial charge in [0.25, 0.3) is 0 Å². The van der Waals surface area contributed by atoms with E-state index in [-0.39, 0.29) is 0 Å². The van der Waals surface area contributed by atoms with Gasteiger partial charge >= 0.3 is 0 Å². The van der Waals surface area contributed by atoms with Crippen LogP contribution in [-0.4, -0.2) is 6.04 Å². The monoisotopic (exact) mass is 225 g/mol. The molecule has 1 nitrogen and oxygen atoms in total. The highest BCUT2D eigenvalue weighted by Crippen LogP contribution is 2.11. The molecule has 1 N–H and O–H groups in total. The second kappa shape index (κ2) is 6.14. The van der Waals surface area contributed by atoms with E-state index in [0.717, 1.165) is 17.5 Å². The predicted octanol–water partition coefficient (Wildman–Crippen LogP) is 3.86. The molecule has 0 heterocycles. The van der Waals surface area contributed by atoms with Gasteiger partial charge in [-0.15, -0.1) is 0 Å². The molecule has 1 aromatic carbocycles. The number of hydrogen-bond acceptors (Lipinski definition) is 1. The number of rotatable bonds is 5. The Hall–Kier alpha value is -0.530. The van der Waals surface area contributed by atoms with Gasteiger partial charge in [0.2, 0.25) is 0 Å². The number of benzene rings is 1. The van der Waals surface area contributed by atoms with Gasteiger partial charge in [0.05, 0.1) is 0 Å². The molecule has 1 rings (SSSR count). The molecule has 0 unspecified atom stereocenters. The standard InChI is InChI=1S/C13H20ClN/c1-4-10(2)11(3)15-9-12-5-7-13(14)8-6-12/h5-8,10-11,15H,4,9H2,1-3H3/t10-,11-/m0/s1. The van der Waals surface area contributed by atoms with Crippen LogP contribution in [0.4, 0.5) is 0 Å². The summed E-state index contributed by atoms with van der Waals surface area (Å²) in [5.74, 6) is 0.720. The molecule has 0 aromatic heterocycles. The van der Waals surface area contributed by atoms with E-state index in [9.17, 15) is 0 Å². The third kappa shape index (κ3) is 4.23. The lowest BCUT2D eigenvalue weighted by molar-refractivity contribution is 0.389. The first-order chi connectivity index (χ1) is 7.13. The van der Waals surface area contributed by atoms with E-state index in [1.807, 2.05) is 12.1 Å². The second-order valence-corrected chi connectivity index (χ2v) is 4.62. The van der Waals surface area contributed by atoms with Gasteiger partial charge in [-0.05, 0) is 30.5 Å². The Morgan fingerprint density at radius 2 is 1.80 bits per heavy atom. The van der Waals surface area contributed by atoms with Gasteiger partial charge in [-0.25, -0.2) is 0 Å². The number of hydrogen-bond donors (Lipinski definition) is 1. The largest absolute Gasteiger partial charge is 0.310 e. The maximum atomic E-state index is 5.83. The van der Waals surface area contributed by atoms with Crippen LogP contribution in [0.1, 0.15) is 32.8 Å². The van der Waals surface area contributed by atoms with Gasteiger partial charge < -0.3 is 5.32 Å². The summed E-state index contributed by atoms with van der Waals surface area (Å²) >= 11 is 5.83. The van der Waals surface area contributed by atoms with Crippen LogP contribution in [0, 0.1) is 5.92 Å². The summed E-state index contributed by atoms with van der Waals surface area (Å²) in [5.41, 5.74) is 1.29. The van der Waals surface area contributed by atoms with Crippen LogP contribution < -0.4 is 5.32 Å². The lowest BCUT2D eigenvalue weighted by atomic mass is 10.0. The van der Waals surface area contributed by atoms with Crippen molar-refractivity contribution in [2.45, 2.75) is 39.8 Å². The zero-order chi connectivity index (χ0) is 11.3. The zero-order valence-electron chi connectivity index (χ0n) is 9.76. The highest BCUT2D eigenvalue weighted by molar-refractivity contribution is 6.30. The normalized spacial score (nSPS) is 14.9. The van der Waals surface area contributed by atoms with E-state index in [2.05, 4.69) is 38.2 Å². The minimum atomic E-state index is 0.561. The summed E-state index contributed by atoms with van der Waals surface area (Å²) in [5, 5.41) is 4.33. The molecule has 0 aliphatic carbocycles. The van der Waals surface area contributed by atoms with Crippen LogP contribution in [0.25, 0.3) is 0 Å². The van der Waals surface area contributed by atoms with Crippen molar-refractivity contribution in [1.82, 2.24) is 5.32 Å². The van der Waals surface area contributed by atoms with Crippen LogP contribution in [0.15, 0.2) is 24.3 Å².